The predicted molar refractivity (Wildman–Crippen MR) is 311 cm³/mol. The molecule has 7 aromatic rings. The predicted octanol–water partition coefficient (Wildman–Crippen LogP) is 14.0. The van der Waals surface area contributed by atoms with Gasteiger partial charge in [-0.3, -0.25) is 0 Å². The summed E-state index contributed by atoms with van der Waals surface area (Å²) in [7, 11) is -10.7. The Morgan fingerprint density at radius 1 is 0.662 bits per heavy atom. The molecule has 6 aromatic carbocycles. The highest BCUT2D eigenvalue weighted by molar-refractivity contribution is 9.09. The molecular weight excluding hydrogens is 1190 g/mol. The zero-order chi connectivity index (χ0) is 53.9. The normalized spacial score (nSPS) is 10.9. The number of hydrogen-bond donors (Lipinski definition) is 4. The van der Waals surface area contributed by atoms with E-state index < -0.39 is 29.5 Å². The monoisotopic (exact) mass is 1240 g/mol. The summed E-state index contributed by atoms with van der Waals surface area (Å²) in [5, 5.41) is 13.2. The summed E-state index contributed by atoms with van der Waals surface area (Å²) in [6.45, 7) is 10.6. The molecule has 0 aliphatic heterocycles. The number of nitrogens with two attached hydrogens (primary N) is 1. The number of rotatable bonds is 15. The van der Waals surface area contributed by atoms with Gasteiger partial charge >= 0.3 is 0 Å². The van der Waals surface area contributed by atoms with Crippen LogP contribution in [0.15, 0.2) is 173 Å². The van der Waals surface area contributed by atoms with Crippen LogP contribution in [0.4, 0.5) is 22.2 Å². The zero-order valence-corrected chi connectivity index (χ0v) is 49.1. The number of ether oxygens (including phenoxy) is 2. The molecule has 394 valence electrons. The quantitative estimate of drug-likeness (QED) is 0.0324. The van der Waals surface area contributed by atoms with E-state index in [0.29, 0.717) is 45.2 Å². The van der Waals surface area contributed by atoms with E-state index >= 15 is 0 Å². The first-order valence-electron chi connectivity index (χ1n) is 21.5. The van der Waals surface area contributed by atoms with Crippen LogP contribution in [0.5, 0.6) is 0 Å². The first kappa shape index (κ1) is 63.6. The second-order valence-electron chi connectivity index (χ2n) is 14.9. The molecule has 0 aliphatic rings. The van der Waals surface area contributed by atoms with Crippen molar-refractivity contribution in [3.8, 4) is 0 Å². The molecule has 74 heavy (non-hydrogen) atoms. The minimum Gasteiger partial charge on any atom is -0.376 e. The van der Waals surface area contributed by atoms with E-state index in [1.54, 1.807) is 112 Å². The molecule has 0 saturated heterocycles. The summed E-state index contributed by atoms with van der Waals surface area (Å²) in [4.78, 5) is 9.19. The minimum absolute atomic E-state index is 0. The molecule has 0 spiro atoms. The van der Waals surface area contributed by atoms with Crippen LogP contribution >= 0.6 is 86.5 Å². The lowest BCUT2D eigenvalue weighted by Crippen LogP contribution is -2.18. The van der Waals surface area contributed by atoms with Gasteiger partial charge in [0.15, 0.2) is 16.5 Å². The van der Waals surface area contributed by atoms with E-state index in [1.165, 1.54) is 53.8 Å². The maximum absolute atomic E-state index is 12.7. The maximum atomic E-state index is 12.7. The van der Waals surface area contributed by atoms with E-state index in [4.69, 9.17) is 62.2 Å². The number of aryl methyl sites for hydroxylation is 3. The van der Waals surface area contributed by atoms with Crippen molar-refractivity contribution in [3.63, 3.8) is 0 Å². The van der Waals surface area contributed by atoms with Crippen molar-refractivity contribution in [2.24, 2.45) is 10.7 Å². The number of thiazole rings is 1. The average Bonchev–Trinajstić information content (AvgIpc) is 3.88. The van der Waals surface area contributed by atoms with Crippen molar-refractivity contribution < 1.29 is 34.7 Å². The van der Waals surface area contributed by atoms with Gasteiger partial charge in [-0.05, 0) is 203 Å². The number of hydrogen-bond acceptors (Lipinski definition) is 15. The number of benzene rings is 6. The van der Waals surface area contributed by atoms with Crippen molar-refractivity contribution in [1.29, 1.82) is 0 Å². The maximum Gasteiger partial charge on any atom is 0.206 e. The number of aliphatic imine (C=N–C) groups is 1. The van der Waals surface area contributed by atoms with Gasteiger partial charge in [0.1, 0.15) is 0 Å². The second kappa shape index (κ2) is 30.2. The fourth-order valence-electron chi connectivity index (χ4n) is 6.01. The van der Waals surface area contributed by atoms with Gasteiger partial charge in [-0.25, -0.2) is 30.2 Å². The summed E-state index contributed by atoms with van der Waals surface area (Å²) in [5.74, 6) is 0. The Hall–Kier alpha value is -4.68. The van der Waals surface area contributed by atoms with Crippen LogP contribution in [0.3, 0.4) is 0 Å². The lowest BCUT2D eigenvalue weighted by molar-refractivity contribution is -0.119. The van der Waals surface area contributed by atoms with Crippen LogP contribution in [0, 0.1) is 20.8 Å². The van der Waals surface area contributed by atoms with Gasteiger partial charge < -0.3 is 32.0 Å². The fourth-order valence-corrected chi connectivity index (χ4v) is 11.5. The number of sulfone groups is 3. The third-order valence-corrected chi connectivity index (χ3v) is 17.7. The highest BCUT2D eigenvalue weighted by atomic mass is 79.9. The van der Waals surface area contributed by atoms with Crippen LogP contribution in [0.25, 0.3) is 0 Å². The number of halogens is 4. The lowest BCUT2D eigenvalue weighted by Gasteiger charge is -2.12. The van der Waals surface area contributed by atoms with Gasteiger partial charge in [0.05, 0.1) is 45.6 Å². The Balaban J connectivity index is 0.000000269. The Morgan fingerprint density at radius 3 is 1.34 bits per heavy atom. The van der Waals surface area contributed by atoms with Gasteiger partial charge in [-0.2, -0.15) is 4.99 Å². The molecule has 7 rings (SSSR count). The van der Waals surface area contributed by atoms with Crippen molar-refractivity contribution in [2.75, 3.05) is 29.2 Å². The van der Waals surface area contributed by atoms with Crippen LogP contribution < -0.4 is 22.5 Å². The van der Waals surface area contributed by atoms with Crippen molar-refractivity contribution in [3.05, 3.63) is 171 Å². The summed E-state index contributed by atoms with van der Waals surface area (Å²) in [6, 6.07) is 32.9. The molecule has 0 unspecified atom stereocenters. The minimum atomic E-state index is -3.57. The molecule has 0 fully saturated rings. The molecule has 0 radical (unpaired) electrons. The number of isothiocyanates is 1. The highest BCUT2D eigenvalue weighted by Crippen LogP contribution is 2.29. The second-order valence-corrected chi connectivity index (χ2v) is 24.2. The Bertz CT molecular complexity index is 3350. The Kier molecular flexibility index (Phi) is 25.9. The van der Waals surface area contributed by atoms with Gasteiger partial charge in [-0.1, -0.05) is 50.7 Å². The summed E-state index contributed by atoms with van der Waals surface area (Å²) >= 11 is 31.7. The van der Waals surface area contributed by atoms with Crippen molar-refractivity contribution >= 4 is 148 Å². The molecule has 1 heterocycles. The van der Waals surface area contributed by atoms with Gasteiger partial charge in [0, 0.05) is 51.2 Å². The molecule has 0 atom stereocenters. The van der Waals surface area contributed by atoms with E-state index in [0.717, 1.165) is 27.3 Å². The smallest absolute Gasteiger partial charge is 0.206 e. The third-order valence-electron chi connectivity index (χ3n) is 9.75. The highest BCUT2D eigenvalue weighted by Gasteiger charge is 2.21. The van der Waals surface area contributed by atoms with Gasteiger partial charge in [-0.15, -0.1) is 11.3 Å². The molecule has 0 amide bonds. The molecule has 1 aromatic heterocycles. The number of anilines is 3. The molecule has 0 saturated carbocycles. The Labute approximate surface area is 471 Å². The molecule has 7 N–H and O–H groups in total. The number of nitrogens with zero attached hydrogens (tertiary/aromatic N) is 2. The van der Waals surface area contributed by atoms with E-state index in [-0.39, 0.29) is 46.9 Å². The SMILES string of the molecule is CCOC(CBr)OCC.Cc1cc(S(=O)(=O)c2ccc(N=C=S)cc2)ccc1Cl.Cc1cc(S(=O)(=O)c2ccc(NC(N)=S)cc2)ccc1Cl.Cc1cc(S(=O)(=O)c2ccc(Nc3nccs3)cc2)ccc1Cl.N. The topological polar surface area (TPSA) is 231 Å². The first-order valence-corrected chi connectivity index (χ1v) is 29.9. The zero-order valence-electron chi connectivity index (χ0n) is 40.4. The molecule has 24 heteroatoms. The van der Waals surface area contributed by atoms with Crippen LogP contribution in [-0.2, 0) is 39.0 Å². The number of thiocarbonyl (C=S) groups is 2. The van der Waals surface area contributed by atoms with Crippen molar-refractivity contribution in [2.45, 2.75) is 70.3 Å². The van der Waals surface area contributed by atoms with Gasteiger partial charge in [0.2, 0.25) is 29.5 Å². The largest absolute Gasteiger partial charge is 0.376 e. The molecule has 14 nitrogen and oxygen atoms in total. The van der Waals surface area contributed by atoms with Gasteiger partial charge in [0.25, 0.3) is 0 Å². The molecule has 0 aliphatic carbocycles. The molecular formula is C50H52BrCl3N6O8S6. The molecule has 0 bridgehead atoms. The fraction of sp³-hybridized carbons (Fsp3) is 0.180. The lowest BCUT2D eigenvalue weighted by atomic mass is 10.2. The number of alkyl halides is 1. The van der Waals surface area contributed by atoms with E-state index in [2.05, 4.69) is 53.9 Å². The first-order chi connectivity index (χ1) is 34.6. The van der Waals surface area contributed by atoms with Crippen LogP contribution in [0.2, 0.25) is 15.1 Å². The van der Waals surface area contributed by atoms with E-state index in [1.807, 2.05) is 19.2 Å². The summed E-state index contributed by atoms with van der Waals surface area (Å²) < 4.78 is 85.6. The summed E-state index contributed by atoms with van der Waals surface area (Å²) in [5.41, 5.74) is 9.50. The third kappa shape index (κ3) is 18.6. The van der Waals surface area contributed by atoms with Crippen molar-refractivity contribution in [1.82, 2.24) is 11.1 Å². The van der Waals surface area contributed by atoms with Crippen LogP contribution in [-0.4, -0.2) is 65.3 Å². The average molecular weight is 1240 g/mol. The summed E-state index contributed by atoms with van der Waals surface area (Å²) in [6.07, 6.45) is 1.63. The standard InChI is InChI=1S/C16H13ClN2O2S2.C14H13ClN2O2S2.C14H10ClNO2S2.C6H13BrO2.H3N/c1-11-10-14(6-7-15(11)17)23(20,21)13-4-2-12(3-5-13)19-16-18-8-9-22-16;1-9-8-12(6-7-13(9)15)21(18,19)11-4-2-10(3-5-11)17-14(16)20;1-10-8-13(6-7-14(10)15)20(17,18)12-4-2-11(3-5-12)16-9-19;1-3-8-6(5-7)9-4-2;/h2-10H,1H3,(H,18,19);2-8H,1H3,(H3,16,17,20);2-8H,1H3;6H,3-5H2,1-2H3;1H3. The van der Waals surface area contributed by atoms with Crippen LogP contribution in [0.1, 0.15) is 30.5 Å². The number of aromatic nitrogens is 1. The van der Waals surface area contributed by atoms with E-state index in [9.17, 15) is 25.3 Å². The number of nitrogens with one attached hydrogen (secondary N) is 2. The Morgan fingerprint density at radius 2 is 1.03 bits per heavy atom.